The van der Waals surface area contributed by atoms with Crippen LogP contribution in [-0.2, 0) is 28.0 Å². The molecule has 1 saturated heterocycles. The lowest BCUT2D eigenvalue weighted by molar-refractivity contribution is -0.180. The van der Waals surface area contributed by atoms with Gasteiger partial charge in [-0.1, -0.05) is 48.5 Å². The summed E-state index contributed by atoms with van der Waals surface area (Å²) in [5, 5.41) is 9.00. The molecule has 40 heavy (non-hydrogen) atoms. The summed E-state index contributed by atoms with van der Waals surface area (Å²) in [6.45, 7) is 5.93. The van der Waals surface area contributed by atoms with Crippen LogP contribution in [0.25, 0.3) is 11.1 Å². The van der Waals surface area contributed by atoms with Gasteiger partial charge in [0.15, 0.2) is 0 Å². The van der Waals surface area contributed by atoms with E-state index in [0.29, 0.717) is 19.6 Å². The molecule has 4 rings (SSSR count). The molecule has 1 aliphatic heterocycles. The Bertz CT molecular complexity index is 1230. The maximum atomic E-state index is 13.4. The van der Waals surface area contributed by atoms with Crippen molar-refractivity contribution in [2.45, 2.75) is 51.0 Å². The molecule has 6 nitrogen and oxygen atoms in total. The summed E-state index contributed by atoms with van der Waals surface area (Å²) >= 11 is 0. The van der Waals surface area contributed by atoms with E-state index in [2.05, 4.69) is 14.8 Å². The minimum atomic E-state index is -4.32. The fraction of sp³-hybridized carbons (Fsp3) is 0.419. The van der Waals surface area contributed by atoms with E-state index < -0.39 is 11.6 Å². The minimum absolute atomic E-state index is 0.00517. The lowest BCUT2D eigenvalue weighted by Crippen LogP contribution is -2.53. The Morgan fingerprint density at radius 1 is 0.925 bits per heavy atom. The predicted octanol–water partition coefficient (Wildman–Crippen LogP) is 5.20. The lowest BCUT2D eigenvalue weighted by Gasteiger charge is -2.41. The van der Waals surface area contributed by atoms with Gasteiger partial charge in [-0.25, -0.2) is 0 Å². The summed E-state index contributed by atoms with van der Waals surface area (Å²) in [5.74, 6) is -0.324. The van der Waals surface area contributed by atoms with Crippen molar-refractivity contribution in [3.05, 3.63) is 89.7 Å². The number of hydrogen-bond acceptors (Lipinski definition) is 6. The minimum Gasteiger partial charge on any atom is -0.463 e. The van der Waals surface area contributed by atoms with Gasteiger partial charge >= 0.3 is 12.1 Å². The molecule has 0 saturated carbocycles. The summed E-state index contributed by atoms with van der Waals surface area (Å²) < 4.78 is 45.3. The number of carbonyl (C=O) groups is 1. The first-order valence-corrected chi connectivity index (χ1v) is 13.4. The Balaban J connectivity index is 1.40. The summed E-state index contributed by atoms with van der Waals surface area (Å²) in [6.07, 6.45) is -0.560. The zero-order valence-electron chi connectivity index (χ0n) is 22.9. The molecule has 0 bridgehead atoms. The number of aromatic nitrogens is 1. The van der Waals surface area contributed by atoms with E-state index in [0.717, 1.165) is 35.3 Å². The highest BCUT2D eigenvalue weighted by atomic mass is 19.4. The zero-order valence-corrected chi connectivity index (χ0v) is 22.9. The van der Waals surface area contributed by atoms with Crippen molar-refractivity contribution in [1.29, 1.82) is 0 Å². The highest BCUT2D eigenvalue weighted by Crippen LogP contribution is 2.40. The standard InChI is InChI=1S/C31H36F3N3O3/c1-30(2,31(32,33)34)27-9-7-26(8-10-27)25-5-3-23(4-6-25)20-36-15-16-37(21-24-11-13-35-14-12-24)28(22-36)19-29(39)40-18-17-38/h3-14,28,38H,15-22H2,1-2H3. The smallest absolute Gasteiger partial charge is 0.397 e. The molecule has 2 heterocycles. The van der Waals surface area contributed by atoms with Crippen LogP contribution in [0.15, 0.2) is 73.1 Å². The maximum absolute atomic E-state index is 13.4. The second-order valence-corrected chi connectivity index (χ2v) is 10.8. The maximum Gasteiger partial charge on any atom is 0.397 e. The van der Waals surface area contributed by atoms with Crippen molar-refractivity contribution in [1.82, 2.24) is 14.8 Å². The number of aliphatic hydroxyl groups excluding tert-OH is 1. The molecule has 0 amide bonds. The van der Waals surface area contributed by atoms with E-state index in [1.807, 2.05) is 36.4 Å². The summed E-state index contributed by atoms with van der Waals surface area (Å²) in [6, 6.07) is 18.5. The number of hydrogen-bond donors (Lipinski definition) is 1. The van der Waals surface area contributed by atoms with Crippen molar-refractivity contribution in [2.75, 3.05) is 32.8 Å². The van der Waals surface area contributed by atoms with Crippen LogP contribution in [-0.4, -0.2) is 70.9 Å². The molecule has 1 unspecified atom stereocenters. The van der Waals surface area contributed by atoms with Crippen LogP contribution in [0.4, 0.5) is 13.2 Å². The highest BCUT2D eigenvalue weighted by molar-refractivity contribution is 5.70. The first-order valence-electron chi connectivity index (χ1n) is 13.4. The second kappa shape index (κ2) is 12.9. The van der Waals surface area contributed by atoms with Crippen LogP contribution in [0, 0.1) is 0 Å². The molecular weight excluding hydrogens is 519 g/mol. The van der Waals surface area contributed by atoms with Gasteiger partial charge in [-0.15, -0.1) is 0 Å². The monoisotopic (exact) mass is 555 g/mol. The van der Waals surface area contributed by atoms with Crippen molar-refractivity contribution in [3.63, 3.8) is 0 Å². The van der Waals surface area contributed by atoms with Crippen molar-refractivity contribution >= 4 is 5.97 Å². The van der Waals surface area contributed by atoms with Gasteiger partial charge in [0, 0.05) is 51.2 Å². The molecule has 1 fully saturated rings. The number of halogens is 3. The summed E-state index contributed by atoms with van der Waals surface area (Å²) in [4.78, 5) is 21.1. The Morgan fingerprint density at radius 3 is 2.12 bits per heavy atom. The molecule has 9 heteroatoms. The molecule has 0 radical (unpaired) electrons. The van der Waals surface area contributed by atoms with Gasteiger partial charge in [-0.05, 0) is 53.8 Å². The van der Waals surface area contributed by atoms with E-state index in [1.165, 1.54) is 13.8 Å². The van der Waals surface area contributed by atoms with Gasteiger partial charge < -0.3 is 9.84 Å². The van der Waals surface area contributed by atoms with Crippen LogP contribution >= 0.6 is 0 Å². The third-order valence-corrected chi connectivity index (χ3v) is 7.59. The van der Waals surface area contributed by atoms with Crippen LogP contribution in [0.1, 0.15) is 37.0 Å². The molecule has 3 aromatic rings. The Kier molecular flexibility index (Phi) is 9.60. The number of aliphatic hydroxyl groups is 1. The van der Waals surface area contributed by atoms with E-state index in [9.17, 15) is 18.0 Å². The number of piperazine rings is 1. The van der Waals surface area contributed by atoms with Gasteiger partial charge in [-0.3, -0.25) is 19.6 Å². The van der Waals surface area contributed by atoms with E-state index in [-0.39, 0.29) is 37.2 Å². The molecule has 1 aliphatic rings. The van der Waals surface area contributed by atoms with Gasteiger partial charge in [-0.2, -0.15) is 13.2 Å². The second-order valence-electron chi connectivity index (χ2n) is 10.8. The number of nitrogens with zero attached hydrogens (tertiary/aromatic N) is 3. The Labute approximate surface area is 233 Å². The first-order chi connectivity index (χ1) is 19.1. The largest absolute Gasteiger partial charge is 0.463 e. The summed E-state index contributed by atoms with van der Waals surface area (Å²) in [7, 11) is 0. The average Bonchev–Trinajstić information content (AvgIpc) is 2.94. The van der Waals surface area contributed by atoms with Crippen LogP contribution in [0.3, 0.4) is 0 Å². The van der Waals surface area contributed by atoms with Crippen LogP contribution in [0.5, 0.6) is 0 Å². The number of ether oxygens (including phenoxy) is 1. The number of alkyl halides is 3. The number of esters is 1. The molecular formula is C31H36F3N3O3. The number of pyridine rings is 1. The topological polar surface area (TPSA) is 65.9 Å². The zero-order chi connectivity index (χ0) is 28.8. The fourth-order valence-corrected chi connectivity index (χ4v) is 4.94. The van der Waals surface area contributed by atoms with E-state index in [4.69, 9.17) is 9.84 Å². The van der Waals surface area contributed by atoms with Crippen LogP contribution < -0.4 is 0 Å². The SMILES string of the molecule is CC(C)(c1ccc(-c2ccc(CN3CCN(Cc4ccncc4)C(CC(=O)OCCO)C3)cc2)cc1)C(F)(F)F. The van der Waals surface area contributed by atoms with Crippen molar-refractivity contribution < 1.29 is 27.8 Å². The Hall–Kier alpha value is -3.27. The highest BCUT2D eigenvalue weighted by Gasteiger charge is 2.48. The van der Waals surface area contributed by atoms with E-state index >= 15 is 0 Å². The van der Waals surface area contributed by atoms with Gasteiger partial charge in [0.25, 0.3) is 0 Å². The molecule has 2 aromatic carbocycles. The lowest BCUT2D eigenvalue weighted by atomic mass is 9.83. The number of benzene rings is 2. The number of rotatable bonds is 10. The third kappa shape index (κ3) is 7.47. The molecule has 214 valence electrons. The average molecular weight is 556 g/mol. The van der Waals surface area contributed by atoms with Gasteiger partial charge in [0.05, 0.1) is 18.4 Å². The quantitative estimate of drug-likeness (QED) is 0.347. The predicted molar refractivity (Wildman–Crippen MR) is 147 cm³/mol. The Morgan fingerprint density at radius 2 is 1.52 bits per heavy atom. The number of carbonyl (C=O) groups excluding carboxylic acids is 1. The van der Waals surface area contributed by atoms with Crippen molar-refractivity contribution in [2.24, 2.45) is 0 Å². The van der Waals surface area contributed by atoms with Gasteiger partial charge in [0.1, 0.15) is 6.61 Å². The molecule has 0 aliphatic carbocycles. The van der Waals surface area contributed by atoms with Crippen LogP contribution in [0.2, 0.25) is 0 Å². The normalized spacial score (nSPS) is 17.1. The molecule has 1 atom stereocenters. The van der Waals surface area contributed by atoms with E-state index in [1.54, 1.807) is 36.7 Å². The summed E-state index contributed by atoms with van der Waals surface area (Å²) in [5.41, 5.74) is 2.36. The first kappa shape index (κ1) is 29.7. The fourth-order valence-electron chi connectivity index (χ4n) is 4.94. The molecule has 1 aromatic heterocycles. The molecule has 0 spiro atoms. The van der Waals surface area contributed by atoms with Crippen molar-refractivity contribution in [3.8, 4) is 11.1 Å². The third-order valence-electron chi connectivity index (χ3n) is 7.59. The molecule has 1 N–H and O–H groups in total. The van der Waals surface area contributed by atoms with Gasteiger partial charge in [0.2, 0.25) is 0 Å².